The van der Waals surface area contributed by atoms with Gasteiger partial charge in [-0.3, -0.25) is 9.59 Å². The fourth-order valence-electron chi connectivity index (χ4n) is 3.79. The molecular formula is C28H31BrN2O5. The second-order valence-corrected chi connectivity index (χ2v) is 9.17. The summed E-state index contributed by atoms with van der Waals surface area (Å²) in [6.07, 6.45) is 2.21. The van der Waals surface area contributed by atoms with E-state index in [-0.39, 0.29) is 24.9 Å². The molecule has 0 saturated carbocycles. The summed E-state index contributed by atoms with van der Waals surface area (Å²) in [5, 5.41) is 0. The minimum atomic E-state index is -0.238. The zero-order chi connectivity index (χ0) is 26.1. The molecule has 2 aromatic carbocycles. The first-order valence-electron chi connectivity index (χ1n) is 11.5. The van der Waals surface area contributed by atoms with E-state index in [2.05, 4.69) is 22.5 Å². The second kappa shape index (κ2) is 13.0. The van der Waals surface area contributed by atoms with Crippen LogP contribution >= 0.6 is 15.9 Å². The van der Waals surface area contributed by atoms with E-state index in [0.717, 1.165) is 15.8 Å². The van der Waals surface area contributed by atoms with E-state index < -0.39 is 0 Å². The third-order valence-corrected chi connectivity index (χ3v) is 6.14. The number of methoxy groups -OCH3 is 2. The van der Waals surface area contributed by atoms with Crippen molar-refractivity contribution < 1.29 is 23.5 Å². The van der Waals surface area contributed by atoms with Crippen LogP contribution in [0.1, 0.15) is 27.4 Å². The van der Waals surface area contributed by atoms with Gasteiger partial charge in [-0.2, -0.15) is 0 Å². The van der Waals surface area contributed by atoms with E-state index in [1.54, 1.807) is 43.4 Å². The van der Waals surface area contributed by atoms with Crippen LogP contribution in [0.3, 0.4) is 0 Å². The second-order valence-electron chi connectivity index (χ2n) is 8.25. The van der Waals surface area contributed by atoms with E-state index in [0.29, 0.717) is 42.3 Å². The molecule has 0 aliphatic carbocycles. The zero-order valence-electron chi connectivity index (χ0n) is 20.8. The van der Waals surface area contributed by atoms with Gasteiger partial charge >= 0.3 is 0 Å². The summed E-state index contributed by atoms with van der Waals surface area (Å²) in [4.78, 5) is 29.9. The highest BCUT2D eigenvalue weighted by Crippen LogP contribution is 2.28. The van der Waals surface area contributed by atoms with Gasteiger partial charge in [0.1, 0.15) is 18.1 Å². The number of amides is 2. The van der Waals surface area contributed by atoms with Crippen molar-refractivity contribution in [3.05, 3.63) is 94.4 Å². The van der Waals surface area contributed by atoms with Gasteiger partial charge in [-0.1, -0.05) is 34.1 Å². The smallest absolute Gasteiger partial charge is 0.254 e. The molecule has 0 aliphatic heterocycles. The summed E-state index contributed by atoms with van der Waals surface area (Å²) in [6.45, 7) is 6.52. The average molecular weight is 555 g/mol. The summed E-state index contributed by atoms with van der Waals surface area (Å²) in [5.41, 5.74) is 1.49. The Morgan fingerprint density at radius 3 is 2.44 bits per heavy atom. The van der Waals surface area contributed by atoms with Crippen molar-refractivity contribution in [3.63, 3.8) is 0 Å². The van der Waals surface area contributed by atoms with Gasteiger partial charge in [0, 0.05) is 23.1 Å². The lowest BCUT2D eigenvalue weighted by Crippen LogP contribution is -2.43. The van der Waals surface area contributed by atoms with Gasteiger partial charge in [-0.15, -0.1) is 6.58 Å². The largest absolute Gasteiger partial charge is 0.493 e. The Bertz CT molecular complexity index is 1210. The zero-order valence-corrected chi connectivity index (χ0v) is 22.4. The number of carbonyl (C=O) groups excluding carboxylic acids is 2. The van der Waals surface area contributed by atoms with E-state index in [1.165, 1.54) is 4.90 Å². The fourth-order valence-corrected chi connectivity index (χ4v) is 4.19. The summed E-state index contributed by atoms with van der Waals surface area (Å²) < 4.78 is 17.3. The summed E-state index contributed by atoms with van der Waals surface area (Å²) in [6, 6.07) is 16.5. The Balaban J connectivity index is 1.79. The van der Waals surface area contributed by atoms with Crippen molar-refractivity contribution in [2.24, 2.45) is 0 Å². The normalized spacial score (nSPS) is 10.6. The molecule has 0 atom stereocenters. The number of furan rings is 1. The highest BCUT2D eigenvalue weighted by atomic mass is 79.9. The number of halogens is 1. The van der Waals surface area contributed by atoms with Crippen LogP contribution in [0.15, 0.2) is 76.1 Å². The van der Waals surface area contributed by atoms with Gasteiger partial charge in [0.15, 0.2) is 11.5 Å². The molecule has 0 fully saturated rings. The van der Waals surface area contributed by atoms with Crippen molar-refractivity contribution in [1.82, 2.24) is 9.80 Å². The molecule has 0 bridgehead atoms. The average Bonchev–Trinajstić information content (AvgIpc) is 3.29. The van der Waals surface area contributed by atoms with Crippen LogP contribution < -0.4 is 9.47 Å². The Kier molecular flexibility index (Phi) is 9.76. The molecule has 2 amide bonds. The third-order valence-electron chi connectivity index (χ3n) is 5.65. The standard InChI is InChI=1S/C28H31BrN2O5/c1-5-14-31(28(33)22-7-6-8-23(29)17-22)19-27(32)30(18-24-11-9-20(2)36-24)15-13-21-10-12-25(34-3)26(16-21)35-4/h5-12,16-17H,1,13-15,18-19H2,2-4H3. The molecule has 3 aromatic rings. The van der Waals surface area contributed by atoms with E-state index in [1.807, 2.05) is 43.3 Å². The molecule has 0 aliphatic rings. The first-order chi connectivity index (χ1) is 17.3. The van der Waals surface area contributed by atoms with Crippen molar-refractivity contribution in [2.75, 3.05) is 33.9 Å². The maximum Gasteiger partial charge on any atom is 0.254 e. The Morgan fingerprint density at radius 1 is 1.03 bits per heavy atom. The van der Waals surface area contributed by atoms with Crippen LogP contribution in [-0.2, 0) is 17.8 Å². The van der Waals surface area contributed by atoms with Gasteiger partial charge in [0.2, 0.25) is 5.91 Å². The van der Waals surface area contributed by atoms with Crippen LogP contribution in [0.4, 0.5) is 0 Å². The summed E-state index contributed by atoms with van der Waals surface area (Å²) in [5.74, 6) is 2.31. The van der Waals surface area contributed by atoms with Crippen molar-refractivity contribution in [1.29, 1.82) is 0 Å². The van der Waals surface area contributed by atoms with Crippen molar-refractivity contribution in [2.45, 2.75) is 19.9 Å². The van der Waals surface area contributed by atoms with Gasteiger partial charge in [0.05, 0.1) is 20.8 Å². The SMILES string of the molecule is C=CCN(CC(=O)N(CCc1ccc(OC)c(OC)c1)Cc1ccc(C)o1)C(=O)c1cccc(Br)c1. The molecule has 8 heteroatoms. The minimum absolute atomic E-state index is 0.0804. The number of ether oxygens (including phenoxy) is 2. The predicted octanol–water partition coefficient (Wildman–Crippen LogP) is 5.27. The summed E-state index contributed by atoms with van der Waals surface area (Å²) in [7, 11) is 3.18. The number of benzene rings is 2. The number of rotatable bonds is 12. The minimum Gasteiger partial charge on any atom is -0.493 e. The maximum absolute atomic E-state index is 13.5. The number of nitrogens with zero attached hydrogens (tertiary/aromatic N) is 2. The molecule has 0 radical (unpaired) electrons. The van der Waals surface area contributed by atoms with E-state index >= 15 is 0 Å². The molecule has 0 saturated heterocycles. The van der Waals surface area contributed by atoms with Gasteiger partial charge in [-0.25, -0.2) is 0 Å². The highest BCUT2D eigenvalue weighted by Gasteiger charge is 2.23. The van der Waals surface area contributed by atoms with Crippen LogP contribution in [0.25, 0.3) is 0 Å². The molecule has 7 nitrogen and oxygen atoms in total. The predicted molar refractivity (Wildman–Crippen MR) is 142 cm³/mol. The first kappa shape index (κ1) is 27.1. The lowest BCUT2D eigenvalue weighted by Gasteiger charge is -2.27. The molecule has 1 aromatic heterocycles. The van der Waals surface area contributed by atoms with Crippen molar-refractivity contribution >= 4 is 27.7 Å². The van der Waals surface area contributed by atoms with Crippen molar-refractivity contribution in [3.8, 4) is 11.5 Å². The molecule has 0 N–H and O–H groups in total. The Morgan fingerprint density at radius 2 is 1.81 bits per heavy atom. The van der Waals surface area contributed by atoms with Gasteiger partial charge in [0.25, 0.3) is 5.91 Å². The molecule has 1 heterocycles. The number of carbonyl (C=O) groups is 2. The fraction of sp³-hybridized carbons (Fsp3) is 0.286. The maximum atomic E-state index is 13.5. The number of aryl methyl sites for hydroxylation is 1. The lowest BCUT2D eigenvalue weighted by molar-refractivity contribution is -0.132. The molecule has 3 rings (SSSR count). The van der Waals surface area contributed by atoms with Crippen LogP contribution in [0.2, 0.25) is 0 Å². The topological polar surface area (TPSA) is 72.2 Å². The van der Waals surface area contributed by atoms with Gasteiger partial charge < -0.3 is 23.7 Å². The summed E-state index contributed by atoms with van der Waals surface area (Å²) >= 11 is 3.40. The Hall–Kier alpha value is -3.52. The molecule has 36 heavy (non-hydrogen) atoms. The quantitative estimate of drug-likeness (QED) is 0.285. The van der Waals surface area contributed by atoms with Crippen LogP contribution in [0, 0.1) is 6.92 Å². The highest BCUT2D eigenvalue weighted by molar-refractivity contribution is 9.10. The van der Waals surface area contributed by atoms with Crippen LogP contribution in [0.5, 0.6) is 11.5 Å². The third kappa shape index (κ3) is 7.24. The van der Waals surface area contributed by atoms with Gasteiger partial charge in [-0.05, 0) is 61.4 Å². The van der Waals surface area contributed by atoms with E-state index in [4.69, 9.17) is 13.9 Å². The monoisotopic (exact) mass is 554 g/mol. The lowest BCUT2D eigenvalue weighted by atomic mass is 10.1. The molecular weight excluding hydrogens is 524 g/mol. The first-order valence-corrected chi connectivity index (χ1v) is 12.3. The molecule has 0 spiro atoms. The Labute approximate surface area is 220 Å². The van der Waals surface area contributed by atoms with E-state index in [9.17, 15) is 9.59 Å². The molecule has 0 unspecified atom stereocenters. The number of hydrogen-bond donors (Lipinski definition) is 0. The molecule has 190 valence electrons. The van der Waals surface area contributed by atoms with Crippen LogP contribution in [-0.4, -0.2) is 55.5 Å². The number of hydrogen-bond acceptors (Lipinski definition) is 5.